The van der Waals surface area contributed by atoms with Crippen molar-refractivity contribution in [3.05, 3.63) is 29.1 Å². The van der Waals surface area contributed by atoms with E-state index in [0.29, 0.717) is 0 Å². The van der Waals surface area contributed by atoms with Gasteiger partial charge in [0.15, 0.2) is 5.69 Å². The zero-order valence-corrected chi connectivity index (χ0v) is 14.0. The van der Waals surface area contributed by atoms with E-state index in [-0.39, 0.29) is 11.3 Å². The molecule has 1 aromatic heterocycles. The molecule has 0 radical (unpaired) electrons. The number of ether oxygens (including phenoxy) is 2. The second kappa shape index (κ2) is 7.89. The van der Waals surface area contributed by atoms with Crippen LogP contribution in [0.4, 0.5) is 0 Å². The highest BCUT2D eigenvalue weighted by molar-refractivity contribution is 6.01. The van der Waals surface area contributed by atoms with Gasteiger partial charge in [-0.3, -0.25) is 0 Å². The van der Waals surface area contributed by atoms with Crippen LogP contribution in [0.1, 0.15) is 47.2 Å². The summed E-state index contributed by atoms with van der Waals surface area (Å²) in [6.07, 6.45) is 1.63. The van der Waals surface area contributed by atoms with Crippen LogP contribution >= 0.6 is 0 Å². The molecule has 1 rings (SSSR count). The Kier molecular flexibility index (Phi) is 6.49. The number of pyridine rings is 1. The zero-order chi connectivity index (χ0) is 16.8. The summed E-state index contributed by atoms with van der Waals surface area (Å²) in [6, 6.07) is 1.68. The van der Waals surface area contributed by atoms with Crippen LogP contribution in [0.5, 0.6) is 0 Å². The maximum Gasteiger partial charge on any atom is 0.357 e. The molecule has 0 atom stereocenters. The molecule has 0 fully saturated rings. The van der Waals surface area contributed by atoms with E-state index in [1.807, 2.05) is 0 Å². The third-order valence-electron chi connectivity index (χ3n) is 4.26. The standard InChI is InChI=1S/C16H25N2O4/c1-6-18(7-2,8-3)11-12-9-13(15(19)21-4)14(17-10-12)16(20)22-5/h9-10H,6-8,11H2,1-5H3/q+1. The summed E-state index contributed by atoms with van der Waals surface area (Å²) >= 11 is 0. The lowest BCUT2D eigenvalue weighted by atomic mass is 10.1. The largest absolute Gasteiger partial charge is 0.465 e. The van der Waals surface area contributed by atoms with Gasteiger partial charge in [-0.15, -0.1) is 0 Å². The molecule has 0 amide bonds. The SMILES string of the molecule is CC[N+](CC)(CC)Cc1cnc(C(=O)OC)c(C(=O)OC)c1. The number of carbonyl (C=O) groups excluding carboxylic acids is 2. The van der Waals surface area contributed by atoms with Gasteiger partial charge in [0.25, 0.3) is 0 Å². The predicted molar refractivity (Wildman–Crippen MR) is 82.5 cm³/mol. The van der Waals surface area contributed by atoms with Crippen LogP contribution in [0.15, 0.2) is 12.3 Å². The third-order valence-corrected chi connectivity index (χ3v) is 4.26. The number of methoxy groups -OCH3 is 2. The summed E-state index contributed by atoms with van der Waals surface area (Å²) in [5, 5.41) is 0. The van der Waals surface area contributed by atoms with Crippen LogP contribution in [0.3, 0.4) is 0 Å². The molecule has 1 heterocycles. The molecule has 0 N–H and O–H groups in total. The van der Waals surface area contributed by atoms with Gasteiger partial charge in [0.2, 0.25) is 0 Å². The first kappa shape index (κ1) is 18.1. The maximum atomic E-state index is 11.9. The number of esters is 2. The van der Waals surface area contributed by atoms with E-state index in [4.69, 9.17) is 4.74 Å². The van der Waals surface area contributed by atoms with Gasteiger partial charge in [-0.25, -0.2) is 14.6 Å². The number of aromatic nitrogens is 1. The Balaban J connectivity index is 3.24. The summed E-state index contributed by atoms with van der Waals surface area (Å²) in [4.78, 5) is 27.7. The van der Waals surface area contributed by atoms with Crippen LogP contribution in [0, 0.1) is 0 Å². The minimum absolute atomic E-state index is 0.0132. The Hall–Kier alpha value is -1.95. The van der Waals surface area contributed by atoms with E-state index in [1.165, 1.54) is 14.2 Å². The van der Waals surface area contributed by atoms with Crippen molar-refractivity contribution in [3.63, 3.8) is 0 Å². The second-order valence-electron chi connectivity index (χ2n) is 5.17. The molecular formula is C16H25N2O4+. The molecule has 1 aromatic rings. The molecule has 0 aromatic carbocycles. The first-order chi connectivity index (χ1) is 10.5. The van der Waals surface area contributed by atoms with Crippen molar-refractivity contribution in [2.45, 2.75) is 27.3 Å². The second-order valence-corrected chi connectivity index (χ2v) is 5.17. The number of quaternary nitrogens is 1. The molecule has 0 aliphatic heterocycles. The van der Waals surface area contributed by atoms with Crippen molar-refractivity contribution < 1.29 is 23.5 Å². The van der Waals surface area contributed by atoms with Gasteiger partial charge < -0.3 is 14.0 Å². The Morgan fingerprint density at radius 3 is 2.05 bits per heavy atom. The van der Waals surface area contributed by atoms with Crippen molar-refractivity contribution in [3.8, 4) is 0 Å². The highest BCUT2D eigenvalue weighted by Gasteiger charge is 2.25. The molecule has 122 valence electrons. The molecule has 0 saturated carbocycles. The van der Waals surface area contributed by atoms with Gasteiger partial charge >= 0.3 is 11.9 Å². The fraction of sp³-hybridized carbons (Fsp3) is 0.562. The van der Waals surface area contributed by atoms with Gasteiger partial charge in [0.05, 0.1) is 39.4 Å². The normalized spacial score (nSPS) is 11.1. The lowest BCUT2D eigenvalue weighted by Gasteiger charge is -2.35. The fourth-order valence-electron chi connectivity index (χ4n) is 2.51. The zero-order valence-electron chi connectivity index (χ0n) is 14.0. The summed E-state index contributed by atoms with van der Waals surface area (Å²) in [7, 11) is 2.53. The first-order valence-corrected chi connectivity index (χ1v) is 7.47. The molecule has 0 saturated heterocycles. The molecule has 0 aliphatic carbocycles. The van der Waals surface area contributed by atoms with Crippen LogP contribution in [0.25, 0.3) is 0 Å². The molecule has 22 heavy (non-hydrogen) atoms. The van der Waals surface area contributed by atoms with Crippen molar-refractivity contribution in [2.24, 2.45) is 0 Å². The average molecular weight is 309 g/mol. The van der Waals surface area contributed by atoms with E-state index < -0.39 is 11.9 Å². The molecule has 0 spiro atoms. The molecule has 6 nitrogen and oxygen atoms in total. The maximum absolute atomic E-state index is 11.9. The predicted octanol–water partition coefficient (Wildman–Crippen LogP) is 2.03. The summed E-state index contributed by atoms with van der Waals surface area (Å²) < 4.78 is 10.3. The van der Waals surface area contributed by atoms with Crippen molar-refractivity contribution in [1.82, 2.24) is 4.98 Å². The highest BCUT2D eigenvalue weighted by atomic mass is 16.5. The average Bonchev–Trinajstić information content (AvgIpc) is 2.58. The lowest BCUT2D eigenvalue weighted by Crippen LogP contribution is -2.46. The number of hydrogen-bond acceptors (Lipinski definition) is 5. The Morgan fingerprint density at radius 2 is 1.59 bits per heavy atom. The molecule has 0 unspecified atom stereocenters. The van der Waals surface area contributed by atoms with Gasteiger partial charge in [0.1, 0.15) is 6.54 Å². The van der Waals surface area contributed by atoms with Crippen LogP contribution in [-0.4, -0.2) is 55.3 Å². The van der Waals surface area contributed by atoms with Crippen LogP contribution < -0.4 is 0 Å². The number of carbonyl (C=O) groups is 2. The summed E-state index contributed by atoms with van der Waals surface area (Å²) in [5.41, 5.74) is 1.03. The van der Waals surface area contributed by atoms with E-state index in [1.54, 1.807) is 12.3 Å². The monoisotopic (exact) mass is 309 g/mol. The number of nitrogens with zero attached hydrogens (tertiary/aromatic N) is 2. The van der Waals surface area contributed by atoms with Gasteiger partial charge in [-0.2, -0.15) is 0 Å². The van der Waals surface area contributed by atoms with Crippen molar-refractivity contribution in [2.75, 3.05) is 33.9 Å². The Morgan fingerprint density at radius 1 is 1.05 bits per heavy atom. The van der Waals surface area contributed by atoms with Crippen molar-refractivity contribution >= 4 is 11.9 Å². The van der Waals surface area contributed by atoms with Crippen LogP contribution in [0.2, 0.25) is 0 Å². The Bertz CT molecular complexity index is 531. The number of rotatable bonds is 7. The van der Waals surface area contributed by atoms with Gasteiger partial charge in [-0.05, 0) is 26.8 Å². The van der Waals surface area contributed by atoms with E-state index >= 15 is 0 Å². The molecular weight excluding hydrogens is 284 g/mol. The van der Waals surface area contributed by atoms with Gasteiger partial charge in [-0.1, -0.05) is 0 Å². The van der Waals surface area contributed by atoms with Crippen LogP contribution in [-0.2, 0) is 16.0 Å². The van der Waals surface area contributed by atoms with E-state index in [2.05, 4.69) is 30.5 Å². The Labute approximate surface area is 131 Å². The summed E-state index contributed by atoms with van der Waals surface area (Å²) in [6.45, 7) is 10.1. The number of hydrogen-bond donors (Lipinski definition) is 0. The first-order valence-electron chi connectivity index (χ1n) is 7.47. The fourth-order valence-corrected chi connectivity index (χ4v) is 2.51. The van der Waals surface area contributed by atoms with Crippen molar-refractivity contribution in [1.29, 1.82) is 0 Å². The van der Waals surface area contributed by atoms with E-state index in [0.717, 1.165) is 36.2 Å². The quantitative estimate of drug-likeness (QED) is 0.569. The minimum atomic E-state index is -0.644. The molecule has 0 aliphatic rings. The highest BCUT2D eigenvalue weighted by Crippen LogP contribution is 2.17. The van der Waals surface area contributed by atoms with E-state index in [9.17, 15) is 9.59 Å². The minimum Gasteiger partial charge on any atom is -0.465 e. The topological polar surface area (TPSA) is 65.5 Å². The molecule has 6 heteroatoms. The lowest BCUT2D eigenvalue weighted by molar-refractivity contribution is -0.936. The van der Waals surface area contributed by atoms with Gasteiger partial charge in [0, 0.05) is 11.8 Å². The smallest absolute Gasteiger partial charge is 0.357 e. The third kappa shape index (κ3) is 3.82. The molecule has 0 bridgehead atoms. The summed E-state index contributed by atoms with van der Waals surface area (Å²) in [5.74, 6) is -1.23.